The molecule has 3 aromatic rings. The lowest BCUT2D eigenvalue weighted by molar-refractivity contribution is -0.139. The molecule has 1 amide bonds. The van der Waals surface area contributed by atoms with Gasteiger partial charge in [-0.3, -0.25) is 9.59 Å². The van der Waals surface area contributed by atoms with Gasteiger partial charge in [-0.05, 0) is 62.2 Å². The van der Waals surface area contributed by atoms with Gasteiger partial charge >= 0.3 is 0 Å². The van der Waals surface area contributed by atoms with Crippen molar-refractivity contribution in [1.82, 2.24) is 14.5 Å². The van der Waals surface area contributed by atoms with E-state index in [0.29, 0.717) is 61.1 Å². The first-order chi connectivity index (χ1) is 18.0. The van der Waals surface area contributed by atoms with E-state index in [1.807, 2.05) is 24.6 Å². The summed E-state index contributed by atoms with van der Waals surface area (Å²) in [6.45, 7) is 5.66. The average Bonchev–Trinajstić information content (AvgIpc) is 3.52. The van der Waals surface area contributed by atoms with E-state index in [-0.39, 0.29) is 11.3 Å². The Hall–Kier alpha value is -4.27. The van der Waals surface area contributed by atoms with E-state index >= 15 is 0 Å². The van der Waals surface area contributed by atoms with E-state index in [1.165, 1.54) is 12.0 Å². The number of ether oxygens (including phenoxy) is 3. The fourth-order valence-electron chi connectivity index (χ4n) is 4.46. The van der Waals surface area contributed by atoms with Crippen molar-refractivity contribution >= 4 is 17.4 Å². The SMILES string of the molecule is CCOc1ccc(/C(O)=C2\C(=O)C(=O)N(CCCn3ccnc3)[C@H]2c2ccc(OCC)c(OC)c2)cc1. The molecule has 1 saturated heterocycles. The molecule has 1 fully saturated rings. The van der Waals surface area contributed by atoms with E-state index in [4.69, 9.17) is 14.2 Å². The molecule has 1 atom stereocenters. The molecule has 2 aromatic carbocycles. The number of aryl methyl sites for hydroxylation is 1. The second kappa shape index (κ2) is 11.6. The molecule has 0 spiro atoms. The number of carbonyl (C=O) groups is 2. The maximum absolute atomic E-state index is 13.3. The number of methoxy groups -OCH3 is 1. The first kappa shape index (κ1) is 25.8. The van der Waals surface area contributed by atoms with Crippen LogP contribution in [0, 0.1) is 0 Å². The Morgan fingerprint density at radius 1 is 1.00 bits per heavy atom. The molecule has 1 aromatic heterocycles. The van der Waals surface area contributed by atoms with Crippen molar-refractivity contribution in [3.05, 3.63) is 77.9 Å². The van der Waals surface area contributed by atoms with Gasteiger partial charge in [0.05, 0.1) is 38.3 Å². The van der Waals surface area contributed by atoms with E-state index in [0.717, 1.165) is 0 Å². The summed E-state index contributed by atoms with van der Waals surface area (Å²) < 4.78 is 18.6. The zero-order chi connectivity index (χ0) is 26.4. The zero-order valence-electron chi connectivity index (χ0n) is 21.2. The van der Waals surface area contributed by atoms with Crippen molar-refractivity contribution in [2.24, 2.45) is 0 Å². The van der Waals surface area contributed by atoms with Crippen molar-refractivity contribution in [3.63, 3.8) is 0 Å². The summed E-state index contributed by atoms with van der Waals surface area (Å²) in [5.74, 6) is 0.0488. The van der Waals surface area contributed by atoms with Gasteiger partial charge in [0.1, 0.15) is 11.5 Å². The fourth-order valence-corrected chi connectivity index (χ4v) is 4.46. The standard InChI is InChI=1S/C28H31N3O6/c1-4-36-21-10-7-19(8-11-21)26(32)24-25(20-9-12-22(37-5-2)23(17-20)35-3)31(28(34)27(24)33)15-6-14-30-16-13-29-18-30/h7-13,16-18,25,32H,4-6,14-15H2,1-3H3/b26-24+/t25-/m0/s1. The molecule has 0 radical (unpaired) electrons. The van der Waals surface area contributed by atoms with Gasteiger partial charge in [-0.25, -0.2) is 4.98 Å². The minimum atomic E-state index is -0.793. The minimum absolute atomic E-state index is 0.0306. The van der Waals surface area contributed by atoms with Gasteiger partial charge in [0.15, 0.2) is 11.5 Å². The van der Waals surface area contributed by atoms with Crippen LogP contribution in [0.3, 0.4) is 0 Å². The van der Waals surface area contributed by atoms with E-state index in [2.05, 4.69) is 4.98 Å². The number of benzene rings is 2. The number of nitrogens with zero attached hydrogens (tertiary/aromatic N) is 3. The van der Waals surface area contributed by atoms with Gasteiger partial charge in [0.2, 0.25) is 0 Å². The smallest absolute Gasteiger partial charge is 0.295 e. The van der Waals surface area contributed by atoms with Crippen molar-refractivity contribution in [2.75, 3.05) is 26.9 Å². The third-order valence-electron chi connectivity index (χ3n) is 6.16. The van der Waals surface area contributed by atoms with Crippen LogP contribution in [0.5, 0.6) is 17.2 Å². The van der Waals surface area contributed by atoms with E-state index in [1.54, 1.807) is 55.0 Å². The third-order valence-corrected chi connectivity index (χ3v) is 6.16. The quantitative estimate of drug-likeness (QED) is 0.237. The van der Waals surface area contributed by atoms with E-state index in [9.17, 15) is 14.7 Å². The molecule has 9 heteroatoms. The van der Waals surface area contributed by atoms with Crippen LogP contribution in [0.25, 0.3) is 5.76 Å². The topological polar surface area (TPSA) is 103 Å². The Morgan fingerprint density at radius 3 is 2.41 bits per heavy atom. The molecule has 1 aliphatic rings. The Balaban J connectivity index is 1.75. The van der Waals surface area contributed by atoms with Crippen LogP contribution in [-0.2, 0) is 16.1 Å². The highest BCUT2D eigenvalue weighted by atomic mass is 16.5. The second-order valence-electron chi connectivity index (χ2n) is 8.45. The summed E-state index contributed by atoms with van der Waals surface area (Å²) in [4.78, 5) is 32.1. The maximum atomic E-state index is 13.3. The van der Waals surface area contributed by atoms with Crippen LogP contribution >= 0.6 is 0 Å². The normalized spacial score (nSPS) is 16.7. The highest BCUT2D eigenvalue weighted by molar-refractivity contribution is 6.46. The molecular weight excluding hydrogens is 474 g/mol. The molecule has 0 bridgehead atoms. The number of aliphatic hydroxyl groups excluding tert-OH is 1. The number of amides is 1. The molecule has 37 heavy (non-hydrogen) atoms. The van der Waals surface area contributed by atoms with Gasteiger partial charge in [-0.15, -0.1) is 0 Å². The van der Waals surface area contributed by atoms with Crippen LogP contribution in [0.4, 0.5) is 0 Å². The Labute approximate surface area is 215 Å². The number of hydrogen-bond acceptors (Lipinski definition) is 7. The maximum Gasteiger partial charge on any atom is 0.295 e. The third kappa shape index (κ3) is 5.45. The minimum Gasteiger partial charge on any atom is -0.507 e. The first-order valence-corrected chi connectivity index (χ1v) is 12.3. The highest BCUT2D eigenvalue weighted by Crippen LogP contribution is 2.42. The Kier molecular flexibility index (Phi) is 8.12. The van der Waals surface area contributed by atoms with Crippen LogP contribution in [0.2, 0.25) is 0 Å². The van der Waals surface area contributed by atoms with Gasteiger partial charge in [-0.1, -0.05) is 6.07 Å². The summed E-state index contributed by atoms with van der Waals surface area (Å²) in [5, 5.41) is 11.3. The number of aliphatic hydroxyl groups is 1. The summed E-state index contributed by atoms with van der Waals surface area (Å²) in [5.41, 5.74) is 1.08. The van der Waals surface area contributed by atoms with Gasteiger partial charge in [0, 0.05) is 31.0 Å². The van der Waals surface area contributed by atoms with Crippen molar-refractivity contribution in [3.8, 4) is 17.2 Å². The lowest BCUT2D eigenvalue weighted by Gasteiger charge is -2.26. The molecule has 2 heterocycles. The van der Waals surface area contributed by atoms with Crippen molar-refractivity contribution < 1.29 is 28.9 Å². The fraction of sp³-hybridized carbons (Fsp3) is 0.321. The number of carbonyl (C=O) groups excluding carboxylic acids is 2. The monoisotopic (exact) mass is 505 g/mol. The summed E-state index contributed by atoms with van der Waals surface area (Å²) in [6.07, 6.45) is 5.83. The molecular formula is C28H31N3O6. The molecule has 0 unspecified atom stereocenters. The predicted molar refractivity (Wildman–Crippen MR) is 138 cm³/mol. The average molecular weight is 506 g/mol. The zero-order valence-corrected chi connectivity index (χ0v) is 21.2. The number of imidazole rings is 1. The summed E-state index contributed by atoms with van der Waals surface area (Å²) >= 11 is 0. The van der Waals surface area contributed by atoms with E-state index < -0.39 is 17.7 Å². The lowest BCUT2D eigenvalue weighted by atomic mass is 9.95. The van der Waals surface area contributed by atoms with Crippen LogP contribution < -0.4 is 14.2 Å². The lowest BCUT2D eigenvalue weighted by Crippen LogP contribution is -2.31. The highest BCUT2D eigenvalue weighted by Gasteiger charge is 2.46. The molecule has 0 aliphatic carbocycles. The number of ketones is 1. The molecule has 1 aliphatic heterocycles. The number of aromatic nitrogens is 2. The molecule has 194 valence electrons. The Morgan fingerprint density at radius 2 is 1.76 bits per heavy atom. The molecule has 9 nitrogen and oxygen atoms in total. The molecule has 4 rings (SSSR count). The number of Topliss-reactive ketones (excluding diaryl/α,β-unsaturated/α-hetero) is 1. The van der Waals surface area contributed by atoms with Gasteiger partial charge in [0.25, 0.3) is 11.7 Å². The van der Waals surface area contributed by atoms with Crippen LogP contribution in [0.15, 0.2) is 66.8 Å². The van der Waals surface area contributed by atoms with Crippen molar-refractivity contribution in [2.45, 2.75) is 32.9 Å². The first-order valence-electron chi connectivity index (χ1n) is 12.3. The van der Waals surface area contributed by atoms with Gasteiger partial charge < -0.3 is 28.8 Å². The molecule has 0 saturated carbocycles. The summed E-state index contributed by atoms with van der Waals surface area (Å²) in [7, 11) is 1.53. The molecule has 1 N–H and O–H groups in total. The number of rotatable bonds is 11. The van der Waals surface area contributed by atoms with Crippen LogP contribution in [0.1, 0.15) is 37.4 Å². The largest absolute Gasteiger partial charge is 0.507 e. The summed E-state index contributed by atoms with van der Waals surface area (Å²) in [6, 6.07) is 11.3. The number of likely N-dealkylation sites (tertiary alicyclic amines) is 1. The van der Waals surface area contributed by atoms with Crippen LogP contribution in [-0.4, -0.2) is 58.1 Å². The predicted octanol–water partition coefficient (Wildman–Crippen LogP) is 4.20. The Bertz CT molecular complexity index is 1270. The number of hydrogen-bond donors (Lipinski definition) is 1. The second-order valence-corrected chi connectivity index (χ2v) is 8.45. The van der Waals surface area contributed by atoms with Gasteiger partial charge in [-0.2, -0.15) is 0 Å². The van der Waals surface area contributed by atoms with Crippen molar-refractivity contribution in [1.29, 1.82) is 0 Å².